The number of amides is 2. The summed E-state index contributed by atoms with van der Waals surface area (Å²) in [5, 5.41) is 40.3. The summed E-state index contributed by atoms with van der Waals surface area (Å²) >= 11 is 0. The Hall–Kier alpha value is -3.92. The quantitative estimate of drug-likeness (QED) is 0.232. The van der Waals surface area contributed by atoms with Crippen molar-refractivity contribution in [2.45, 2.75) is 70.1 Å². The number of carboxylic acid groups (broad SMARTS) is 1. The van der Waals surface area contributed by atoms with E-state index in [-0.39, 0.29) is 26.1 Å². The van der Waals surface area contributed by atoms with E-state index < -0.39 is 42.0 Å². The SMILES string of the molecule is CC(C)(C)N(C(=O)[O-])[C@@H](Cc1ccccc1)[C@H](O)CNC[C@@H](O)[C@H](Cc1ccccc1)NC(=O)OCc1ccccc1. The number of carbonyl (C=O) groups is 2. The van der Waals surface area contributed by atoms with E-state index >= 15 is 0 Å². The van der Waals surface area contributed by atoms with Crippen LogP contribution in [0.15, 0.2) is 91.0 Å². The number of aliphatic hydroxyl groups excluding tert-OH is 2. The number of aliphatic hydroxyl groups is 2. The van der Waals surface area contributed by atoms with E-state index in [1.807, 2.05) is 91.0 Å². The van der Waals surface area contributed by atoms with Crippen LogP contribution in [0.3, 0.4) is 0 Å². The molecular formula is C33H42N3O6-. The minimum Gasteiger partial charge on any atom is -0.530 e. The molecule has 0 spiro atoms. The standard InChI is InChI=1S/C33H43N3O6/c1-33(2,3)36(32(40)41)28(20-25-15-9-5-10-16-25)30(38)22-34-21-29(37)27(19-24-13-7-4-8-14-24)35-31(39)42-23-26-17-11-6-12-18-26/h4-18,27-30,34,37-38H,19-23H2,1-3H3,(H,35,39)(H,40,41)/p-1/t27-,28-,29+,30+/m0/s1. The van der Waals surface area contributed by atoms with E-state index in [4.69, 9.17) is 4.74 Å². The maximum Gasteiger partial charge on any atom is 0.407 e. The Morgan fingerprint density at radius 3 is 1.76 bits per heavy atom. The second-order valence-electron chi connectivity index (χ2n) is 11.4. The summed E-state index contributed by atoms with van der Waals surface area (Å²) in [7, 11) is 0. The third kappa shape index (κ3) is 10.5. The number of hydrogen-bond donors (Lipinski definition) is 4. The zero-order valence-corrected chi connectivity index (χ0v) is 24.5. The molecule has 0 aliphatic carbocycles. The van der Waals surface area contributed by atoms with Crippen molar-refractivity contribution in [3.63, 3.8) is 0 Å². The third-order valence-electron chi connectivity index (χ3n) is 6.97. The first kappa shape index (κ1) is 32.6. The van der Waals surface area contributed by atoms with Crippen LogP contribution in [0.5, 0.6) is 0 Å². The molecule has 0 radical (unpaired) electrons. The van der Waals surface area contributed by atoms with Crippen LogP contribution in [0.25, 0.3) is 0 Å². The molecule has 0 aromatic heterocycles. The molecule has 0 aliphatic rings. The van der Waals surface area contributed by atoms with Crippen molar-refractivity contribution in [2.75, 3.05) is 13.1 Å². The van der Waals surface area contributed by atoms with Crippen LogP contribution in [0.4, 0.5) is 9.59 Å². The summed E-state index contributed by atoms with van der Waals surface area (Å²) in [6, 6.07) is 26.6. The average molecular weight is 577 g/mol. The maximum atomic E-state index is 12.6. The molecule has 0 saturated heterocycles. The van der Waals surface area contributed by atoms with Gasteiger partial charge < -0.3 is 40.4 Å². The number of carbonyl (C=O) groups excluding carboxylic acids is 2. The average Bonchev–Trinajstić information content (AvgIpc) is 2.96. The van der Waals surface area contributed by atoms with Crippen molar-refractivity contribution in [3.8, 4) is 0 Å². The van der Waals surface area contributed by atoms with Gasteiger partial charge in [0.15, 0.2) is 0 Å². The summed E-state index contributed by atoms with van der Waals surface area (Å²) in [5.74, 6) is 0. The second kappa shape index (κ2) is 15.9. The van der Waals surface area contributed by atoms with Gasteiger partial charge in [-0.25, -0.2) is 4.79 Å². The van der Waals surface area contributed by atoms with Crippen LogP contribution in [0.1, 0.15) is 37.5 Å². The van der Waals surface area contributed by atoms with E-state index in [2.05, 4.69) is 10.6 Å². The Morgan fingerprint density at radius 1 is 0.786 bits per heavy atom. The lowest BCUT2D eigenvalue weighted by Crippen LogP contribution is -2.62. The normalized spacial score (nSPS) is 14.3. The molecule has 4 atom stereocenters. The molecule has 0 aliphatic heterocycles. The van der Waals surface area contributed by atoms with E-state index in [1.54, 1.807) is 20.8 Å². The Kier molecular flexibility index (Phi) is 12.3. The molecule has 3 rings (SSSR count). The number of alkyl carbamates (subject to hydrolysis) is 1. The Balaban J connectivity index is 1.65. The fourth-order valence-electron chi connectivity index (χ4n) is 4.89. The van der Waals surface area contributed by atoms with Gasteiger partial charge >= 0.3 is 6.09 Å². The predicted molar refractivity (Wildman–Crippen MR) is 160 cm³/mol. The van der Waals surface area contributed by atoms with Crippen LogP contribution in [0.2, 0.25) is 0 Å². The first-order chi connectivity index (χ1) is 20.0. The van der Waals surface area contributed by atoms with Crippen molar-refractivity contribution in [3.05, 3.63) is 108 Å². The largest absolute Gasteiger partial charge is 0.530 e. The topological polar surface area (TPSA) is 134 Å². The fourth-order valence-corrected chi connectivity index (χ4v) is 4.89. The summed E-state index contributed by atoms with van der Waals surface area (Å²) < 4.78 is 5.37. The zero-order valence-electron chi connectivity index (χ0n) is 24.5. The molecule has 0 unspecified atom stereocenters. The lowest BCUT2D eigenvalue weighted by molar-refractivity contribution is -0.275. The summed E-state index contributed by atoms with van der Waals surface area (Å²) in [5.41, 5.74) is 1.82. The van der Waals surface area contributed by atoms with Gasteiger partial charge in [-0.2, -0.15) is 0 Å². The second-order valence-corrected chi connectivity index (χ2v) is 11.4. The molecule has 9 nitrogen and oxygen atoms in total. The third-order valence-corrected chi connectivity index (χ3v) is 6.97. The molecule has 9 heteroatoms. The fraction of sp³-hybridized carbons (Fsp3) is 0.394. The molecule has 0 bridgehead atoms. The van der Waals surface area contributed by atoms with Crippen molar-refractivity contribution in [1.29, 1.82) is 0 Å². The summed E-state index contributed by atoms with van der Waals surface area (Å²) in [6.07, 6.45) is -3.53. The van der Waals surface area contributed by atoms with Crippen LogP contribution in [-0.2, 0) is 24.2 Å². The molecule has 4 N–H and O–H groups in total. The van der Waals surface area contributed by atoms with Gasteiger partial charge in [0, 0.05) is 18.6 Å². The minimum atomic E-state index is -1.37. The van der Waals surface area contributed by atoms with Gasteiger partial charge in [0.1, 0.15) is 12.7 Å². The molecule has 226 valence electrons. The molecular weight excluding hydrogens is 534 g/mol. The maximum absolute atomic E-state index is 12.6. The molecule has 3 aromatic rings. The molecule has 3 aromatic carbocycles. The Bertz CT molecular complexity index is 1220. The van der Waals surface area contributed by atoms with E-state index in [0.29, 0.717) is 6.42 Å². The Labute approximate surface area is 248 Å². The van der Waals surface area contributed by atoms with Gasteiger partial charge in [0.25, 0.3) is 0 Å². The van der Waals surface area contributed by atoms with Gasteiger partial charge in [0.2, 0.25) is 0 Å². The highest BCUT2D eigenvalue weighted by molar-refractivity contribution is 5.67. The highest BCUT2D eigenvalue weighted by Gasteiger charge is 2.34. The number of rotatable bonds is 14. The first-order valence-corrected chi connectivity index (χ1v) is 14.2. The highest BCUT2D eigenvalue weighted by atomic mass is 16.5. The smallest absolute Gasteiger partial charge is 0.407 e. The van der Waals surface area contributed by atoms with Gasteiger partial charge in [0.05, 0.1) is 24.3 Å². The van der Waals surface area contributed by atoms with Gasteiger partial charge in [-0.15, -0.1) is 0 Å². The van der Waals surface area contributed by atoms with Crippen molar-refractivity contribution in [1.82, 2.24) is 15.5 Å². The highest BCUT2D eigenvalue weighted by Crippen LogP contribution is 2.22. The van der Waals surface area contributed by atoms with Crippen LogP contribution < -0.4 is 15.7 Å². The number of ether oxygens (including phenoxy) is 1. The number of hydrogen-bond acceptors (Lipinski definition) is 7. The lowest BCUT2D eigenvalue weighted by Gasteiger charge is -2.45. The van der Waals surface area contributed by atoms with Crippen molar-refractivity contribution >= 4 is 12.2 Å². The number of nitrogens with zero attached hydrogens (tertiary/aromatic N) is 1. The van der Waals surface area contributed by atoms with E-state index in [1.165, 1.54) is 4.90 Å². The van der Waals surface area contributed by atoms with Crippen molar-refractivity contribution < 1.29 is 29.6 Å². The van der Waals surface area contributed by atoms with Gasteiger partial charge in [-0.1, -0.05) is 91.0 Å². The first-order valence-electron chi connectivity index (χ1n) is 14.2. The molecule has 0 saturated carbocycles. The molecule has 0 fully saturated rings. The van der Waals surface area contributed by atoms with Crippen molar-refractivity contribution in [2.24, 2.45) is 0 Å². The predicted octanol–water partition coefficient (Wildman–Crippen LogP) is 2.89. The lowest BCUT2D eigenvalue weighted by atomic mass is 9.94. The van der Waals surface area contributed by atoms with Gasteiger partial charge in [-0.3, -0.25) is 0 Å². The number of nitrogens with one attached hydrogen (secondary N) is 2. The van der Waals surface area contributed by atoms with Gasteiger partial charge in [-0.05, 0) is 50.3 Å². The monoisotopic (exact) mass is 576 g/mol. The van der Waals surface area contributed by atoms with Crippen LogP contribution in [-0.4, -0.2) is 70.2 Å². The van der Waals surface area contributed by atoms with E-state index in [9.17, 15) is 24.9 Å². The van der Waals surface area contributed by atoms with Crippen LogP contribution in [0, 0.1) is 0 Å². The molecule has 0 heterocycles. The number of benzene rings is 3. The zero-order chi connectivity index (χ0) is 30.5. The minimum absolute atomic E-state index is 0.00489. The molecule has 42 heavy (non-hydrogen) atoms. The van der Waals surface area contributed by atoms with E-state index in [0.717, 1.165) is 16.7 Å². The Morgan fingerprint density at radius 2 is 1.26 bits per heavy atom. The summed E-state index contributed by atoms with van der Waals surface area (Å²) in [4.78, 5) is 26.0. The molecule has 2 amide bonds. The summed E-state index contributed by atoms with van der Waals surface area (Å²) in [6.45, 7) is 5.39. The van der Waals surface area contributed by atoms with Crippen LogP contribution >= 0.6 is 0 Å².